The highest BCUT2D eigenvalue weighted by Crippen LogP contribution is 2.25. The minimum Gasteiger partial charge on any atom is -0.494 e. The Balaban J connectivity index is 0.00000312. The van der Waals surface area contributed by atoms with E-state index in [1.165, 1.54) is 12.8 Å². The predicted octanol–water partition coefficient (Wildman–Crippen LogP) is 4.56. The molecule has 1 aromatic carbocycles. The number of aryl methyl sites for hydroxylation is 1. The van der Waals surface area contributed by atoms with Crippen LogP contribution in [-0.4, -0.2) is 25.6 Å². The van der Waals surface area contributed by atoms with E-state index in [1.807, 2.05) is 25.1 Å². The Morgan fingerprint density at radius 2 is 2.24 bits per heavy atom. The Labute approximate surface area is 158 Å². The SMILES string of the molecule is CCCCOc1ccc(NC(=O)CC(C)C2CCCNC2)c(C)c1.Cl. The maximum atomic E-state index is 12.4. The number of anilines is 1. The summed E-state index contributed by atoms with van der Waals surface area (Å²) in [5.74, 6) is 2.01. The molecule has 1 aliphatic heterocycles. The third-order valence-electron chi connectivity index (χ3n) is 4.89. The molecule has 0 saturated carbocycles. The summed E-state index contributed by atoms with van der Waals surface area (Å²) in [5, 5.41) is 6.49. The van der Waals surface area contributed by atoms with Gasteiger partial charge in [-0.05, 0) is 74.9 Å². The van der Waals surface area contributed by atoms with Crippen molar-refractivity contribution in [3.8, 4) is 5.75 Å². The van der Waals surface area contributed by atoms with Crippen LogP contribution >= 0.6 is 12.4 Å². The number of halogens is 1. The predicted molar refractivity (Wildman–Crippen MR) is 107 cm³/mol. The molecule has 2 N–H and O–H groups in total. The molecule has 4 nitrogen and oxygen atoms in total. The molecule has 0 aliphatic carbocycles. The fourth-order valence-corrected chi connectivity index (χ4v) is 3.23. The van der Waals surface area contributed by atoms with Crippen LogP contribution in [0.3, 0.4) is 0 Å². The van der Waals surface area contributed by atoms with Gasteiger partial charge in [-0.1, -0.05) is 20.3 Å². The van der Waals surface area contributed by atoms with Crippen molar-refractivity contribution in [2.45, 2.75) is 52.9 Å². The van der Waals surface area contributed by atoms with Crippen LogP contribution in [0.2, 0.25) is 0 Å². The van der Waals surface area contributed by atoms with Crippen LogP contribution < -0.4 is 15.4 Å². The molecule has 142 valence electrons. The van der Waals surface area contributed by atoms with Crippen LogP contribution in [0.25, 0.3) is 0 Å². The number of carbonyl (C=O) groups excluding carboxylic acids is 1. The second-order valence-electron chi connectivity index (χ2n) is 7.01. The third kappa shape index (κ3) is 7.25. The summed E-state index contributed by atoms with van der Waals surface area (Å²) in [6, 6.07) is 5.88. The lowest BCUT2D eigenvalue weighted by atomic mass is 9.85. The van der Waals surface area contributed by atoms with Crippen molar-refractivity contribution in [3.63, 3.8) is 0 Å². The van der Waals surface area contributed by atoms with Crippen molar-refractivity contribution in [1.82, 2.24) is 5.32 Å². The number of hydrogen-bond donors (Lipinski definition) is 2. The van der Waals surface area contributed by atoms with Gasteiger partial charge < -0.3 is 15.4 Å². The molecule has 1 fully saturated rings. The summed E-state index contributed by atoms with van der Waals surface area (Å²) in [5.41, 5.74) is 1.93. The second kappa shape index (κ2) is 11.4. The third-order valence-corrected chi connectivity index (χ3v) is 4.89. The molecular weight excluding hydrogens is 336 g/mol. The summed E-state index contributed by atoms with van der Waals surface area (Å²) in [6.07, 6.45) is 5.22. The fraction of sp³-hybridized carbons (Fsp3) is 0.650. The molecule has 1 heterocycles. The van der Waals surface area contributed by atoms with Crippen LogP contribution in [0.5, 0.6) is 5.75 Å². The lowest BCUT2D eigenvalue weighted by molar-refractivity contribution is -0.117. The highest BCUT2D eigenvalue weighted by atomic mass is 35.5. The molecule has 1 saturated heterocycles. The van der Waals surface area contributed by atoms with E-state index in [4.69, 9.17) is 4.74 Å². The second-order valence-corrected chi connectivity index (χ2v) is 7.01. The quantitative estimate of drug-likeness (QED) is 0.661. The minimum atomic E-state index is 0. The molecule has 0 bridgehead atoms. The molecule has 1 amide bonds. The van der Waals surface area contributed by atoms with E-state index < -0.39 is 0 Å². The topological polar surface area (TPSA) is 50.4 Å². The van der Waals surface area contributed by atoms with E-state index >= 15 is 0 Å². The average molecular weight is 369 g/mol. The standard InChI is InChI=1S/C20H32N2O2.ClH/c1-4-5-11-24-18-8-9-19(16(3)12-18)22-20(23)13-15(2)17-7-6-10-21-14-17;/h8-9,12,15,17,21H,4-7,10-11,13-14H2,1-3H3,(H,22,23);1H. The monoisotopic (exact) mass is 368 g/mol. The summed E-state index contributed by atoms with van der Waals surface area (Å²) < 4.78 is 5.71. The van der Waals surface area contributed by atoms with Gasteiger partial charge in [-0.15, -0.1) is 12.4 Å². The molecule has 5 heteroatoms. The van der Waals surface area contributed by atoms with E-state index in [-0.39, 0.29) is 18.3 Å². The number of nitrogens with one attached hydrogen (secondary N) is 2. The van der Waals surface area contributed by atoms with Gasteiger partial charge in [-0.2, -0.15) is 0 Å². The average Bonchev–Trinajstić information content (AvgIpc) is 2.58. The molecule has 1 aliphatic rings. The Morgan fingerprint density at radius 3 is 2.88 bits per heavy atom. The number of hydrogen-bond acceptors (Lipinski definition) is 3. The summed E-state index contributed by atoms with van der Waals surface area (Å²) >= 11 is 0. The van der Waals surface area contributed by atoms with Crippen molar-refractivity contribution in [2.24, 2.45) is 11.8 Å². The number of unbranched alkanes of at least 4 members (excludes halogenated alkanes) is 1. The van der Waals surface area contributed by atoms with Gasteiger partial charge in [0.25, 0.3) is 0 Å². The van der Waals surface area contributed by atoms with Crippen LogP contribution in [0.1, 0.15) is 51.5 Å². The Bertz CT molecular complexity index is 530. The molecule has 1 aromatic rings. The number of amides is 1. The molecular formula is C20H33ClN2O2. The van der Waals surface area contributed by atoms with Gasteiger partial charge in [-0.3, -0.25) is 4.79 Å². The zero-order valence-electron chi connectivity index (χ0n) is 15.8. The Kier molecular flexibility index (Phi) is 9.91. The summed E-state index contributed by atoms with van der Waals surface area (Å²) in [7, 11) is 0. The van der Waals surface area contributed by atoms with Crippen molar-refractivity contribution < 1.29 is 9.53 Å². The van der Waals surface area contributed by atoms with Gasteiger partial charge in [0.15, 0.2) is 0 Å². The summed E-state index contributed by atoms with van der Waals surface area (Å²) in [6.45, 7) is 9.25. The number of benzene rings is 1. The van der Waals surface area contributed by atoms with E-state index in [2.05, 4.69) is 24.5 Å². The van der Waals surface area contributed by atoms with Crippen molar-refractivity contribution in [1.29, 1.82) is 0 Å². The van der Waals surface area contributed by atoms with Gasteiger partial charge >= 0.3 is 0 Å². The lowest BCUT2D eigenvalue weighted by Gasteiger charge is -2.28. The van der Waals surface area contributed by atoms with Crippen molar-refractivity contribution in [2.75, 3.05) is 25.0 Å². The first-order valence-electron chi connectivity index (χ1n) is 9.34. The smallest absolute Gasteiger partial charge is 0.224 e. The fourth-order valence-electron chi connectivity index (χ4n) is 3.23. The Hall–Kier alpha value is -1.26. The molecule has 2 unspecified atom stereocenters. The first kappa shape index (κ1) is 21.8. The largest absolute Gasteiger partial charge is 0.494 e. The van der Waals surface area contributed by atoms with Gasteiger partial charge in [0, 0.05) is 12.1 Å². The van der Waals surface area contributed by atoms with E-state index in [1.54, 1.807) is 0 Å². The molecule has 0 spiro atoms. The number of ether oxygens (including phenoxy) is 1. The Morgan fingerprint density at radius 1 is 1.44 bits per heavy atom. The molecule has 2 rings (SSSR count). The van der Waals surface area contributed by atoms with E-state index in [0.29, 0.717) is 18.3 Å². The first-order chi connectivity index (χ1) is 11.6. The van der Waals surface area contributed by atoms with Crippen molar-refractivity contribution in [3.05, 3.63) is 23.8 Å². The lowest BCUT2D eigenvalue weighted by Crippen LogP contribution is -2.34. The number of rotatable bonds is 8. The van der Waals surface area contributed by atoms with Gasteiger partial charge in [0.2, 0.25) is 5.91 Å². The number of carbonyl (C=O) groups is 1. The highest BCUT2D eigenvalue weighted by molar-refractivity contribution is 5.91. The van der Waals surface area contributed by atoms with Crippen LogP contribution in [0, 0.1) is 18.8 Å². The number of piperidine rings is 1. The maximum absolute atomic E-state index is 12.4. The molecule has 0 aromatic heterocycles. The maximum Gasteiger partial charge on any atom is 0.224 e. The first-order valence-corrected chi connectivity index (χ1v) is 9.34. The van der Waals surface area contributed by atoms with E-state index in [0.717, 1.165) is 49.5 Å². The van der Waals surface area contributed by atoms with Crippen LogP contribution in [0.15, 0.2) is 18.2 Å². The highest BCUT2D eigenvalue weighted by Gasteiger charge is 2.22. The van der Waals surface area contributed by atoms with E-state index in [9.17, 15) is 4.79 Å². The van der Waals surface area contributed by atoms with Crippen LogP contribution in [-0.2, 0) is 4.79 Å². The van der Waals surface area contributed by atoms with Crippen molar-refractivity contribution >= 4 is 24.0 Å². The zero-order chi connectivity index (χ0) is 17.4. The molecule has 2 atom stereocenters. The summed E-state index contributed by atoms with van der Waals surface area (Å²) in [4.78, 5) is 12.4. The van der Waals surface area contributed by atoms with Crippen LogP contribution in [0.4, 0.5) is 5.69 Å². The van der Waals surface area contributed by atoms with Gasteiger partial charge in [0.1, 0.15) is 5.75 Å². The van der Waals surface area contributed by atoms with Gasteiger partial charge in [-0.25, -0.2) is 0 Å². The van der Waals surface area contributed by atoms with Gasteiger partial charge in [0.05, 0.1) is 6.61 Å². The zero-order valence-corrected chi connectivity index (χ0v) is 16.6. The molecule has 25 heavy (non-hydrogen) atoms. The molecule has 0 radical (unpaired) electrons. The normalized spacial score (nSPS) is 18.1. The minimum absolute atomic E-state index is 0.